The van der Waals surface area contributed by atoms with Crippen molar-refractivity contribution < 1.29 is 0 Å². The largest absolute Gasteiger partial charge is 0.330 e. The van der Waals surface area contributed by atoms with Crippen LogP contribution in [0.3, 0.4) is 0 Å². The minimum Gasteiger partial charge on any atom is -0.330 e. The van der Waals surface area contributed by atoms with Crippen LogP contribution in [-0.4, -0.2) is 12.3 Å². The molecule has 0 radical (unpaired) electrons. The Morgan fingerprint density at radius 3 is 1.93 bits per heavy atom. The zero-order chi connectivity index (χ0) is 11.2. The first-order chi connectivity index (χ1) is 6.45. The SMILES string of the molecule is CCC(CCN)CC(CC)C(N)(N)N. The van der Waals surface area contributed by atoms with Gasteiger partial charge in [0, 0.05) is 5.92 Å². The van der Waals surface area contributed by atoms with E-state index < -0.39 is 5.79 Å². The van der Waals surface area contributed by atoms with Crippen molar-refractivity contribution in [3.8, 4) is 0 Å². The van der Waals surface area contributed by atoms with E-state index in [1.165, 1.54) is 0 Å². The number of hydrogen-bond donors (Lipinski definition) is 4. The minimum absolute atomic E-state index is 0.180. The summed E-state index contributed by atoms with van der Waals surface area (Å²) in [6.45, 7) is 4.96. The summed E-state index contributed by atoms with van der Waals surface area (Å²) < 4.78 is 0. The number of rotatable bonds is 7. The van der Waals surface area contributed by atoms with Crippen LogP contribution in [0.15, 0.2) is 0 Å². The summed E-state index contributed by atoms with van der Waals surface area (Å²) >= 11 is 0. The molecular weight excluding hydrogens is 176 g/mol. The van der Waals surface area contributed by atoms with Crippen LogP contribution in [0, 0.1) is 11.8 Å². The molecule has 4 nitrogen and oxygen atoms in total. The Morgan fingerprint density at radius 1 is 1.07 bits per heavy atom. The van der Waals surface area contributed by atoms with Crippen molar-refractivity contribution in [2.24, 2.45) is 34.8 Å². The Kier molecular flexibility index (Phi) is 6.27. The van der Waals surface area contributed by atoms with Gasteiger partial charge in [-0.25, -0.2) is 0 Å². The average Bonchev–Trinajstić information content (AvgIpc) is 2.10. The van der Waals surface area contributed by atoms with Crippen LogP contribution >= 0.6 is 0 Å². The summed E-state index contributed by atoms with van der Waals surface area (Å²) in [6.07, 6.45) is 4.05. The van der Waals surface area contributed by atoms with Crippen molar-refractivity contribution in [1.82, 2.24) is 0 Å². The zero-order valence-corrected chi connectivity index (χ0v) is 9.50. The molecule has 0 saturated carbocycles. The second-order valence-corrected chi connectivity index (χ2v) is 4.19. The van der Waals surface area contributed by atoms with E-state index in [9.17, 15) is 0 Å². The molecule has 0 spiro atoms. The molecule has 0 heterocycles. The summed E-state index contributed by atoms with van der Waals surface area (Å²) in [5.74, 6) is -0.268. The van der Waals surface area contributed by atoms with E-state index in [0.29, 0.717) is 5.92 Å². The fourth-order valence-electron chi connectivity index (χ4n) is 1.85. The molecule has 4 heteroatoms. The molecule has 86 valence electrons. The molecule has 0 aromatic rings. The molecule has 0 saturated heterocycles. The topological polar surface area (TPSA) is 104 Å². The molecule has 8 N–H and O–H groups in total. The van der Waals surface area contributed by atoms with Gasteiger partial charge in [0.25, 0.3) is 0 Å². The maximum Gasteiger partial charge on any atom is 0.118 e. The fourth-order valence-corrected chi connectivity index (χ4v) is 1.85. The standard InChI is InChI=1S/C10H26N4/c1-3-8(5-6-11)7-9(4-2)10(12,13)14/h8-9H,3-7,11-14H2,1-2H3. The van der Waals surface area contributed by atoms with Crippen LogP contribution in [0.4, 0.5) is 0 Å². The monoisotopic (exact) mass is 202 g/mol. The number of hydrogen-bond acceptors (Lipinski definition) is 4. The molecule has 0 aliphatic rings. The van der Waals surface area contributed by atoms with Crippen molar-refractivity contribution in [3.05, 3.63) is 0 Å². The van der Waals surface area contributed by atoms with E-state index in [1.807, 2.05) is 0 Å². The molecule has 0 rings (SSSR count). The highest BCUT2D eigenvalue weighted by Crippen LogP contribution is 2.23. The maximum atomic E-state index is 5.71. The van der Waals surface area contributed by atoms with Crippen molar-refractivity contribution >= 4 is 0 Å². The van der Waals surface area contributed by atoms with Crippen LogP contribution in [-0.2, 0) is 0 Å². The Morgan fingerprint density at radius 2 is 1.64 bits per heavy atom. The molecule has 0 aliphatic heterocycles. The molecule has 0 aromatic carbocycles. The molecule has 2 atom stereocenters. The van der Waals surface area contributed by atoms with Gasteiger partial charge in [-0.15, -0.1) is 0 Å². The molecule has 0 fully saturated rings. The van der Waals surface area contributed by atoms with E-state index in [-0.39, 0.29) is 5.92 Å². The fraction of sp³-hybridized carbons (Fsp3) is 1.00. The van der Waals surface area contributed by atoms with Gasteiger partial charge in [0.15, 0.2) is 0 Å². The van der Waals surface area contributed by atoms with Gasteiger partial charge in [-0.3, -0.25) is 0 Å². The molecule has 0 aliphatic carbocycles. The van der Waals surface area contributed by atoms with Crippen LogP contribution < -0.4 is 22.9 Å². The number of nitrogens with two attached hydrogens (primary N) is 4. The van der Waals surface area contributed by atoms with E-state index in [2.05, 4.69) is 13.8 Å². The average molecular weight is 202 g/mol. The Hall–Kier alpha value is -0.160. The predicted octanol–water partition coefficient (Wildman–Crippen LogP) is 0.308. The van der Waals surface area contributed by atoms with E-state index in [4.69, 9.17) is 22.9 Å². The smallest absolute Gasteiger partial charge is 0.118 e. The van der Waals surface area contributed by atoms with E-state index in [0.717, 1.165) is 32.2 Å². The van der Waals surface area contributed by atoms with Gasteiger partial charge in [0.1, 0.15) is 5.79 Å². The first-order valence-corrected chi connectivity index (χ1v) is 5.52. The Balaban J connectivity index is 4.14. The first kappa shape index (κ1) is 13.8. The Labute approximate surface area is 87.4 Å². The van der Waals surface area contributed by atoms with Gasteiger partial charge < -0.3 is 22.9 Å². The van der Waals surface area contributed by atoms with Crippen LogP contribution in [0.5, 0.6) is 0 Å². The van der Waals surface area contributed by atoms with Crippen molar-refractivity contribution in [3.63, 3.8) is 0 Å². The summed E-state index contributed by atoms with van der Waals surface area (Å²) in [6, 6.07) is 0. The van der Waals surface area contributed by atoms with Gasteiger partial charge in [-0.1, -0.05) is 20.3 Å². The normalized spacial score (nSPS) is 16.7. The van der Waals surface area contributed by atoms with Gasteiger partial charge in [0.2, 0.25) is 0 Å². The summed E-state index contributed by atoms with van der Waals surface area (Å²) in [7, 11) is 0. The molecule has 14 heavy (non-hydrogen) atoms. The van der Waals surface area contributed by atoms with Crippen LogP contribution in [0.2, 0.25) is 0 Å². The minimum atomic E-state index is -1.04. The molecule has 0 bridgehead atoms. The quantitative estimate of drug-likeness (QED) is 0.446. The summed E-state index contributed by atoms with van der Waals surface area (Å²) in [4.78, 5) is 0. The highest BCUT2D eigenvalue weighted by Gasteiger charge is 2.26. The zero-order valence-electron chi connectivity index (χ0n) is 9.50. The third kappa shape index (κ3) is 4.91. The molecule has 2 unspecified atom stereocenters. The first-order valence-electron chi connectivity index (χ1n) is 5.52. The highest BCUT2D eigenvalue weighted by molar-refractivity contribution is 4.80. The van der Waals surface area contributed by atoms with Crippen LogP contribution in [0.25, 0.3) is 0 Å². The molecular formula is C10H26N4. The lowest BCUT2D eigenvalue weighted by Gasteiger charge is -2.31. The summed E-state index contributed by atoms with van der Waals surface area (Å²) in [5, 5.41) is 0. The van der Waals surface area contributed by atoms with E-state index in [1.54, 1.807) is 0 Å². The van der Waals surface area contributed by atoms with E-state index >= 15 is 0 Å². The third-order valence-electron chi connectivity index (χ3n) is 2.97. The summed E-state index contributed by atoms with van der Waals surface area (Å²) in [5.41, 5.74) is 22.7. The molecule has 0 aromatic heterocycles. The predicted molar refractivity (Wildman–Crippen MR) is 61.1 cm³/mol. The second kappa shape index (κ2) is 6.35. The molecule has 0 amide bonds. The van der Waals surface area contributed by atoms with Gasteiger partial charge in [-0.05, 0) is 31.7 Å². The lowest BCUT2D eigenvalue weighted by molar-refractivity contribution is 0.219. The van der Waals surface area contributed by atoms with Crippen LogP contribution in [0.1, 0.15) is 39.5 Å². The van der Waals surface area contributed by atoms with Crippen molar-refractivity contribution in [2.45, 2.75) is 45.3 Å². The second-order valence-electron chi connectivity index (χ2n) is 4.19. The third-order valence-corrected chi connectivity index (χ3v) is 2.97. The lowest BCUT2D eigenvalue weighted by atomic mass is 9.85. The van der Waals surface area contributed by atoms with Gasteiger partial charge in [0.05, 0.1) is 0 Å². The van der Waals surface area contributed by atoms with Gasteiger partial charge in [-0.2, -0.15) is 0 Å². The Bertz CT molecular complexity index is 142. The highest BCUT2D eigenvalue weighted by atomic mass is 15.1. The van der Waals surface area contributed by atoms with Crippen molar-refractivity contribution in [1.29, 1.82) is 0 Å². The van der Waals surface area contributed by atoms with Crippen molar-refractivity contribution in [2.75, 3.05) is 6.54 Å². The van der Waals surface area contributed by atoms with Gasteiger partial charge >= 0.3 is 0 Å². The lowest BCUT2D eigenvalue weighted by Crippen LogP contribution is -2.63. The maximum absolute atomic E-state index is 5.71.